The predicted octanol–water partition coefficient (Wildman–Crippen LogP) is 5.24. The summed E-state index contributed by atoms with van der Waals surface area (Å²) in [6.45, 7) is 8.21. The molecule has 0 saturated carbocycles. The lowest BCUT2D eigenvalue weighted by Gasteiger charge is -2.44. The van der Waals surface area contributed by atoms with Gasteiger partial charge in [-0.05, 0) is 58.6 Å². The van der Waals surface area contributed by atoms with Gasteiger partial charge in [0.15, 0.2) is 5.82 Å². The van der Waals surface area contributed by atoms with Crippen LogP contribution >= 0.6 is 0 Å². The van der Waals surface area contributed by atoms with Gasteiger partial charge in [0.05, 0.1) is 17.7 Å². The molecule has 0 bridgehead atoms. The quantitative estimate of drug-likeness (QED) is 0.217. The number of amides is 1. The van der Waals surface area contributed by atoms with Gasteiger partial charge in [0, 0.05) is 42.7 Å². The van der Waals surface area contributed by atoms with E-state index in [9.17, 15) is 27.5 Å². The standard InChI is InChI=1S/C29H32F5N5O3/c1-6-22(41)38-14-17(3)39(15-16(38)2)27-18-13-19(29(32,33)34)23(24-20(30)9-7-10-21(24)40)25(31)26(18)35-28(36-27)42-12-8-11-37(4)5/h6-7,9-10,13,16-17,40H,1,8,11-12,14-15H2,2-5H3/t16-,17+/m1/s1. The first-order chi connectivity index (χ1) is 19.7. The van der Waals surface area contributed by atoms with Crippen LogP contribution in [0.15, 0.2) is 36.9 Å². The Morgan fingerprint density at radius 3 is 2.50 bits per heavy atom. The van der Waals surface area contributed by atoms with Crippen molar-refractivity contribution in [3.63, 3.8) is 0 Å². The molecule has 8 nitrogen and oxygen atoms in total. The van der Waals surface area contributed by atoms with E-state index in [1.165, 1.54) is 6.08 Å². The number of hydrogen-bond donors (Lipinski definition) is 1. The Morgan fingerprint density at radius 1 is 1.17 bits per heavy atom. The van der Waals surface area contributed by atoms with Gasteiger partial charge in [0.25, 0.3) is 0 Å². The number of phenolic OH excluding ortho intramolecular Hbond substituents is 1. The Kier molecular flexibility index (Phi) is 8.90. The third-order valence-corrected chi connectivity index (χ3v) is 7.13. The Morgan fingerprint density at radius 2 is 1.88 bits per heavy atom. The number of benzene rings is 2. The molecule has 0 radical (unpaired) electrons. The van der Waals surface area contributed by atoms with E-state index in [4.69, 9.17) is 4.74 Å². The van der Waals surface area contributed by atoms with Gasteiger partial charge in [-0.15, -0.1) is 0 Å². The monoisotopic (exact) mass is 593 g/mol. The molecule has 2 atom stereocenters. The lowest BCUT2D eigenvalue weighted by molar-refractivity contribution is -0.137. The minimum atomic E-state index is -5.13. The van der Waals surface area contributed by atoms with E-state index in [0.29, 0.717) is 19.0 Å². The van der Waals surface area contributed by atoms with E-state index in [1.807, 2.05) is 19.0 Å². The van der Waals surface area contributed by atoms with Crippen LogP contribution in [0.5, 0.6) is 11.8 Å². The number of ether oxygens (including phenoxy) is 1. The molecule has 0 spiro atoms. The Labute approximate surface area is 240 Å². The van der Waals surface area contributed by atoms with Crippen LogP contribution < -0.4 is 9.64 Å². The number of halogens is 5. The van der Waals surface area contributed by atoms with Gasteiger partial charge < -0.3 is 24.5 Å². The fourth-order valence-corrected chi connectivity index (χ4v) is 5.09. The smallest absolute Gasteiger partial charge is 0.417 e. The first kappa shape index (κ1) is 30.9. The minimum Gasteiger partial charge on any atom is -0.507 e. The number of piperazine rings is 1. The molecule has 1 amide bonds. The first-order valence-corrected chi connectivity index (χ1v) is 13.3. The molecule has 1 aliphatic heterocycles. The van der Waals surface area contributed by atoms with E-state index in [-0.39, 0.29) is 48.9 Å². The van der Waals surface area contributed by atoms with Crippen LogP contribution in [0.25, 0.3) is 22.0 Å². The van der Waals surface area contributed by atoms with E-state index in [2.05, 4.69) is 16.5 Å². The fraction of sp³-hybridized carbons (Fsp3) is 0.414. The van der Waals surface area contributed by atoms with Crippen molar-refractivity contribution in [1.29, 1.82) is 0 Å². The van der Waals surface area contributed by atoms with Crippen molar-refractivity contribution in [2.75, 3.05) is 45.2 Å². The number of fused-ring (bicyclic) bond motifs is 1. The van der Waals surface area contributed by atoms with E-state index < -0.39 is 51.8 Å². The third kappa shape index (κ3) is 6.10. The number of aromatic nitrogens is 2. The maximum Gasteiger partial charge on any atom is 0.417 e. The van der Waals surface area contributed by atoms with Crippen molar-refractivity contribution in [3.8, 4) is 22.9 Å². The number of anilines is 1. The molecular weight excluding hydrogens is 561 g/mol. The number of carbonyl (C=O) groups is 1. The molecule has 3 aromatic rings. The zero-order valence-electron chi connectivity index (χ0n) is 23.7. The number of carbonyl (C=O) groups excluding carboxylic acids is 1. The average Bonchev–Trinajstić information content (AvgIpc) is 2.91. The zero-order valence-corrected chi connectivity index (χ0v) is 23.7. The van der Waals surface area contributed by atoms with Gasteiger partial charge in [-0.25, -0.2) is 8.78 Å². The molecule has 4 rings (SSSR count). The van der Waals surface area contributed by atoms with Gasteiger partial charge in [0.1, 0.15) is 22.9 Å². The van der Waals surface area contributed by atoms with Crippen LogP contribution in [0.3, 0.4) is 0 Å². The molecule has 2 heterocycles. The summed E-state index contributed by atoms with van der Waals surface area (Å²) >= 11 is 0. The number of rotatable bonds is 8. The number of alkyl halides is 3. The van der Waals surface area contributed by atoms with Gasteiger partial charge in [-0.1, -0.05) is 12.6 Å². The summed E-state index contributed by atoms with van der Waals surface area (Å²) in [5, 5.41) is 10.0. The maximum atomic E-state index is 16.3. The number of hydrogen-bond acceptors (Lipinski definition) is 7. The van der Waals surface area contributed by atoms with Crippen LogP contribution in [-0.4, -0.2) is 83.2 Å². The zero-order chi connectivity index (χ0) is 30.9. The third-order valence-electron chi connectivity index (χ3n) is 7.13. The van der Waals surface area contributed by atoms with Crippen molar-refractivity contribution in [1.82, 2.24) is 19.8 Å². The van der Waals surface area contributed by atoms with Crippen molar-refractivity contribution in [3.05, 3.63) is 54.1 Å². The lowest BCUT2D eigenvalue weighted by Crippen LogP contribution is -2.58. The molecule has 226 valence electrons. The highest BCUT2D eigenvalue weighted by Gasteiger charge is 2.40. The Balaban J connectivity index is 1.96. The van der Waals surface area contributed by atoms with Crippen molar-refractivity contribution >= 4 is 22.6 Å². The summed E-state index contributed by atoms with van der Waals surface area (Å²) in [7, 11) is 3.74. The molecule has 1 aromatic heterocycles. The summed E-state index contributed by atoms with van der Waals surface area (Å²) in [5.74, 6) is -3.91. The van der Waals surface area contributed by atoms with Crippen LogP contribution in [0.4, 0.5) is 27.8 Å². The summed E-state index contributed by atoms with van der Waals surface area (Å²) in [6, 6.07) is 2.46. The van der Waals surface area contributed by atoms with E-state index in [1.54, 1.807) is 23.6 Å². The normalized spacial score (nSPS) is 17.7. The number of nitrogens with zero attached hydrogens (tertiary/aromatic N) is 5. The maximum absolute atomic E-state index is 16.3. The SMILES string of the molecule is C=CC(=O)N1C[C@H](C)N(c2nc(OCCCN(C)C)nc3c(F)c(-c4c(O)cccc4F)c(C(F)(F)F)cc23)C[C@H]1C. The number of aromatic hydroxyl groups is 1. The second-order valence-electron chi connectivity index (χ2n) is 10.5. The average molecular weight is 594 g/mol. The summed E-state index contributed by atoms with van der Waals surface area (Å²) < 4.78 is 80.2. The van der Waals surface area contributed by atoms with E-state index in [0.717, 1.165) is 18.2 Å². The summed E-state index contributed by atoms with van der Waals surface area (Å²) in [6.07, 6.45) is -3.39. The first-order valence-electron chi connectivity index (χ1n) is 13.3. The largest absolute Gasteiger partial charge is 0.507 e. The highest BCUT2D eigenvalue weighted by molar-refractivity contribution is 5.96. The highest BCUT2D eigenvalue weighted by atomic mass is 19.4. The molecule has 1 saturated heterocycles. The molecule has 42 heavy (non-hydrogen) atoms. The van der Waals surface area contributed by atoms with Gasteiger partial charge in [0.2, 0.25) is 5.91 Å². The molecule has 0 aliphatic carbocycles. The number of phenols is 1. The molecule has 13 heteroatoms. The van der Waals surface area contributed by atoms with Crippen LogP contribution in [0.1, 0.15) is 25.8 Å². The molecule has 1 N–H and O–H groups in total. The molecule has 1 fully saturated rings. The topological polar surface area (TPSA) is 82.0 Å². The second-order valence-corrected chi connectivity index (χ2v) is 10.5. The molecule has 0 unspecified atom stereocenters. The van der Waals surface area contributed by atoms with Gasteiger partial charge in [-0.3, -0.25) is 4.79 Å². The van der Waals surface area contributed by atoms with Gasteiger partial charge in [-0.2, -0.15) is 23.1 Å². The van der Waals surface area contributed by atoms with Crippen molar-refractivity contribution in [2.24, 2.45) is 0 Å². The van der Waals surface area contributed by atoms with E-state index >= 15 is 4.39 Å². The Hall–Kier alpha value is -4.00. The van der Waals surface area contributed by atoms with Crippen molar-refractivity contribution < 1.29 is 36.6 Å². The van der Waals surface area contributed by atoms with Gasteiger partial charge >= 0.3 is 12.2 Å². The van der Waals surface area contributed by atoms with Crippen molar-refractivity contribution in [2.45, 2.75) is 38.5 Å². The molecular formula is C29H32F5N5O3. The second kappa shape index (κ2) is 12.1. The summed E-state index contributed by atoms with van der Waals surface area (Å²) in [4.78, 5) is 26.1. The summed E-state index contributed by atoms with van der Waals surface area (Å²) in [5.41, 5.74) is -4.13. The highest BCUT2D eigenvalue weighted by Crippen LogP contribution is 2.46. The van der Waals surface area contributed by atoms with Crippen LogP contribution in [0.2, 0.25) is 0 Å². The predicted molar refractivity (Wildman–Crippen MR) is 148 cm³/mol. The minimum absolute atomic E-state index is 0.0265. The molecule has 2 aromatic carbocycles. The lowest BCUT2D eigenvalue weighted by atomic mass is 9.94. The van der Waals surface area contributed by atoms with Crippen LogP contribution in [-0.2, 0) is 11.0 Å². The molecule has 1 aliphatic rings. The fourth-order valence-electron chi connectivity index (χ4n) is 5.09. The Bertz CT molecular complexity index is 1480. The van der Waals surface area contributed by atoms with Crippen LogP contribution in [0, 0.1) is 11.6 Å².